The number of hydrogen-bond acceptors (Lipinski definition) is 3. The lowest BCUT2D eigenvalue weighted by atomic mass is 10.1. The molecule has 0 unspecified atom stereocenters. The summed E-state index contributed by atoms with van der Waals surface area (Å²) >= 11 is 1.37. The van der Waals surface area contributed by atoms with Gasteiger partial charge in [-0.1, -0.05) is 18.2 Å². The number of amides is 2. The van der Waals surface area contributed by atoms with Gasteiger partial charge in [-0.3, -0.25) is 14.9 Å². The van der Waals surface area contributed by atoms with Gasteiger partial charge >= 0.3 is 0 Å². The fourth-order valence-corrected chi connectivity index (χ4v) is 2.75. The molecule has 3 rings (SSSR count). The Labute approximate surface area is 83.4 Å². The molecular weight excluding hydrogens is 198 g/mol. The normalized spacial score (nSPS) is 14.6. The number of nitrogens with one attached hydrogen (secondary N) is 1. The summed E-state index contributed by atoms with van der Waals surface area (Å²) in [5.41, 5.74) is 0.538. The van der Waals surface area contributed by atoms with Gasteiger partial charge in [-0.2, -0.15) is 0 Å². The average molecular weight is 203 g/mol. The first kappa shape index (κ1) is 7.70. The molecular formula is C10H5NO2S. The monoisotopic (exact) mass is 203 g/mol. The van der Waals surface area contributed by atoms with Crippen molar-refractivity contribution in [3.63, 3.8) is 0 Å². The summed E-state index contributed by atoms with van der Waals surface area (Å²) in [7, 11) is 0. The number of carbonyl (C=O) groups is 2. The van der Waals surface area contributed by atoms with Crippen LogP contribution in [-0.4, -0.2) is 11.8 Å². The molecule has 0 atom stereocenters. The van der Waals surface area contributed by atoms with Crippen LogP contribution in [0.1, 0.15) is 20.0 Å². The molecule has 14 heavy (non-hydrogen) atoms. The van der Waals surface area contributed by atoms with Crippen LogP contribution in [0.4, 0.5) is 0 Å². The van der Waals surface area contributed by atoms with Crippen molar-refractivity contribution in [3.05, 3.63) is 34.7 Å². The Morgan fingerprint density at radius 1 is 1.07 bits per heavy atom. The van der Waals surface area contributed by atoms with Crippen molar-refractivity contribution in [1.29, 1.82) is 0 Å². The number of rotatable bonds is 0. The fraction of sp³-hybridized carbons (Fsp3) is 0. The second kappa shape index (κ2) is 2.42. The standard InChI is InChI=1S/C10H5NO2S/c12-9-7-5-3-1-2-4-6(5)14-8(7)10(13)11-9/h1-4H,(H,11,12,13). The predicted molar refractivity (Wildman–Crippen MR) is 53.6 cm³/mol. The molecule has 1 N–H and O–H groups in total. The SMILES string of the molecule is O=C1NC(=O)c2c1sc1ccccc21. The zero-order valence-corrected chi connectivity index (χ0v) is 7.85. The van der Waals surface area contributed by atoms with Crippen LogP contribution in [0.2, 0.25) is 0 Å². The van der Waals surface area contributed by atoms with E-state index in [9.17, 15) is 9.59 Å². The van der Waals surface area contributed by atoms with Crippen LogP contribution in [0.15, 0.2) is 24.3 Å². The van der Waals surface area contributed by atoms with E-state index in [-0.39, 0.29) is 11.8 Å². The quantitative estimate of drug-likeness (QED) is 0.663. The van der Waals surface area contributed by atoms with E-state index in [1.807, 2.05) is 24.3 Å². The molecule has 2 heterocycles. The van der Waals surface area contributed by atoms with Gasteiger partial charge in [0.25, 0.3) is 11.8 Å². The number of carbonyl (C=O) groups excluding carboxylic acids is 2. The van der Waals surface area contributed by atoms with E-state index in [1.165, 1.54) is 11.3 Å². The molecule has 0 bridgehead atoms. The molecule has 0 saturated carbocycles. The number of imide groups is 1. The van der Waals surface area contributed by atoms with E-state index in [2.05, 4.69) is 5.32 Å². The van der Waals surface area contributed by atoms with Gasteiger partial charge in [0.05, 0.1) is 5.56 Å². The molecule has 4 heteroatoms. The molecule has 1 aromatic carbocycles. The number of hydrogen-bond donors (Lipinski definition) is 1. The van der Waals surface area contributed by atoms with Crippen LogP contribution in [0.5, 0.6) is 0 Å². The van der Waals surface area contributed by atoms with Crippen molar-refractivity contribution in [2.45, 2.75) is 0 Å². The molecule has 3 nitrogen and oxygen atoms in total. The van der Waals surface area contributed by atoms with Crippen molar-refractivity contribution in [2.75, 3.05) is 0 Å². The van der Waals surface area contributed by atoms with Crippen molar-refractivity contribution >= 4 is 33.2 Å². The third-order valence-corrected chi connectivity index (χ3v) is 3.43. The van der Waals surface area contributed by atoms with E-state index in [0.29, 0.717) is 10.4 Å². The Hall–Kier alpha value is -1.68. The molecule has 1 aromatic heterocycles. The Morgan fingerprint density at radius 3 is 2.71 bits per heavy atom. The molecule has 0 aliphatic carbocycles. The van der Waals surface area contributed by atoms with E-state index in [1.54, 1.807) is 0 Å². The van der Waals surface area contributed by atoms with Gasteiger partial charge in [0.2, 0.25) is 0 Å². The first-order valence-electron chi connectivity index (χ1n) is 4.14. The maximum Gasteiger partial charge on any atom is 0.269 e. The molecule has 0 fully saturated rings. The van der Waals surface area contributed by atoms with E-state index < -0.39 is 0 Å². The fourth-order valence-electron chi connectivity index (χ4n) is 1.65. The Morgan fingerprint density at radius 2 is 1.86 bits per heavy atom. The highest BCUT2D eigenvalue weighted by atomic mass is 32.1. The maximum atomic E-state index is 11.4. The van der Waals surface area contributed by atoms with Crippen LogP contribution in [0.25, 0.3) is 10.1 Å². The smallest absolute Gasteiger partial charge is 0.269 e. The summed E-state index contributed by atoms with van der Waals surface area (Å²) in [6.07, 6.45) is 0. The largest absolute Gasteiger partial charge is 0.287 e. The zero-order valence-electron chi connectivity index (χ0n) is 7.03. The second-order valence-corrected chi connectivity index (χ2v) is 4.14. The van der Waals surface area contributed by atoms with Gasteiger partial charge in [0, 0.05) is 10.1 Å². The highest BCUT2D eigenvalue weighted by Crippen LogP contribution is 2.33. The Balaban J connectivity index is 2.49. The predicted octanol–water partition coefficient (Wildman–Crippen LogP) is 1.78. The van der Waals surface area contributed by atoms with Gasteiger partial charge in [0.1, 0.15) is 4.88 Å². The van der Waals surface area contributed by atoms with Gasteiger partial charge < -0.3 is 0 Å². The van der Waals surface area contributed by atoms with Crippen LogP contribution in [0, 0.1) is 0 Å². The topological polar surface area (TPSA) is 46.2 Å². The van der Waals surface area contributed by atoms with Gasteiger partial charge in [0.15, 0.2) is 0 Å². The summed E-state index contributed by atoms with van der Waals surface area (Å²) in [5.74, 6) is -0.548. The molecule has 0 radical (unpaired) electrons. The van der Waals surface area contributed by atoms with Crippen molar-refractivity contribution in [1.82, 2.24) is 5.32 Å². The number of thiophene rings is 1. The number of fused-ring (bicyclic) bond motifs is 3. The lowest BCUT2D eigenvalue weighted by Gasteiger charge is -1.91. The average Bonchev–Trinajstić information content (AvgIpc) is 2.66. The van der Waals surface area contributed by atoms with Crippen LogP contribution in [0.3, 0.4) is 0 Å². The maximum absolute atomic E-state index is 11.4. The summed E-state index contributed by atoms with van der Waals surface area (Å²) in [5, 5.41) is 3.16. The number of benzene rings is 1. The van der Waals surface area contributed by atoms with Crippen LogP contribution < -0.4 is 5.32 Å². The minimum absolute atomic E-state index is 0.272. The second-order valence-electron chi connectivity index (χ2n) is 3.09. The molecule has 2 aromatic rings. The first-order chi connectivity index (χ1) is 6.77. The van der Waals surface area contributed by atoms with Crippen LogP contribution >= 0.6 is 11.3 Å². The summed E-state index contributed by atoms with van der Waals surface area (Å²) < 4.78 is 0.987. The van der Waals surface area contributed by atoms with E-state index in [0.717, 1.165) is 10.1 Å². The summed E-state index contributed by atoms with van der Waals surface area (Å²) in [6, 6.07) is 7.55. The van der Waals surface area contributed by atoms with Gasteiger partial charge in [-0.25, -0.2) is 0 Å². The van der Waals surface area contributed by atoms with Crippen molar-refractivity contribution < 1.29 is 9.59 Å². The first-order valence-corrected chi connectivity index (χ1v) is 4.96. The highest BCUT2D eigenvalue weighted by Gasteiger charge is 2.31. The molecule has 0 saturated heterocycles. The van der Waals surface area contributed by atoms with E-state index in [4.69, 9.17) is 0 Å². The molecule has 1 aliphatic heterocycles. The van der Waals surface area contributed by atoms with Gasteiger partial charge in [-0.05, 0) is 6.07 Å². The van der Waals surface area contributed by atoms with Crippen molar-refractivity contribution in [2.24, 2.45) is 0 Å². The molecule has 0 spiro atoms. The van der Waals surface area contributed by atoms with Gasteiger partial charge in [-0.15, -0.1) is 11.3 Å². The highest BCUT2D eigenvalue weighted by molar-refractivity contribution is 7.21. The Kier molecular flexibility index (Phi) is 1.33. The minimum atomic E-state index is -0.276. The van der Waals surface area contributed by atoms with Crippen LogP contribution in [-0.2, 0) is 0 Å². The van der Waals surface area contributed by atoms with Crippen molar-refractivity contribution in [3.8, 4) is 0 Å². The minimum Gasteiger partial charge on any atom is -0.287 e. The lowest BCUT2D eigenvalue weighted by molar-refractivity contribution is 0.0881. The van der Waals surface area contributed by atoms with E-state index >= 15 is 0 Å². The summed E-state index contributed by atoms with van der Waals surface area (Å²) in [4.78, 5) is 23.3. The summed E-state index contributed by atoms with van der Waals surface area (Å²) in [6.45, 7) is 0. The third kappa shape index (κ3) is 0.807. The Bertz CT molecular complexity index is 571. The third-order valence-electron chi connectivity index (χ3n) is 2.26. The zero-order chi connectivity index (χ0) is 9.71. The molecule has 1 aliphatic rings. The lowest BCUT2D eigenvalue weighted by Crippen LogP contribution is -2.20. The molecule has 2 amide bonds. The molecule has 68 valence electrons.